The number of nitro benzene ring substituents is 1. The minimum atomic E-state index is -0.690. The van der Waals surface area contributed by atoms with Crippen LogP contribution in [-0.4, -0.2) is 35.4 Å². The van der Waals surface area contributed by atoms with Crippen LogP contribution in [0.5, 0.6) is 17.2 Å². The zero-order valence-electron chi connectivity index (χ0n) is 14.9. The van der Waals surface area contributed by atoms with E-state index in [9.17, 15) is 15.2 Å². The molecule has 0 bridgehead atoms. The highest BCUT2D eigenvalue weighted by Gasteiger charge is 2.19. The van der Waals surface area contributed by atoms with Gasteiger partial charge >= 0.3 is 5.69 Å². The number of hydrogen-bond donors (Lipinski definition) is 2. The number of aromatic hydroxyl groups is 1. The number of hydrazone groups is 1. The van der Waals surface area contributed by atoms with Crippen LogP contribution < -0.4 is 14.9 Å². The van der Waals surface area contributed by atoms with E-state index < -0.39 is 16.4 Å². The number of methoxy groups -OCH3 is 2. The Hall–Kier alpha value is -3.66. The summed E-state index contributed by atoms with van der Waals surface area (Å²) in [6.07, 6.45) is 1.38. The number of ether oxygens (including phenoxy) is 2. The minimum absolute atomic E-state index is 0.00769. The molecule has 10 heteroatoms. The van der Waals surface area contributed by atoms with Gasteiger partial charge in [-0.05, 0) is 30.3 Å². The van der Waals surface area contributed by atoms with Crippen LogP contribution in [0, 0.1) is 10.1 Å². The van der Waals surface area contributed by atoms with E-state index in [1.165, 1.54) is 36.8 Å². The van der Waals surface area contributed by atoms with Crippen molar-refractivity contribution in [1.82, 2.24) is 4.98 Å². The third-order valence-electron chi connectivity index (χ3n) is 3.76. The maximum Gasteiger partial charge on any atom is 0.315 e. The number of phenols is 1. The van der Waals surface area contributed by atoms with Gasteiger partial charge in [-0.1, -0.05) is 0 Å². The second-order valence-electron chi connectivity index (χ2n) is 5.48. The first-order chi connectivity index (χ1) is 13.5. The van der Waals surface area contributed by atoms with E-state index in [1.807, 2.05) is 29.6 Å². The molecule has 0 atom stereocenters. The molecule has 0 unspecified atom stereocenters. The third kappa shape index (κ3) is 4.18. The van der Waals surface area contributed by atoms with Crippen LogP contribution in [0.25, 0.3) is 11.3 Å². The quantitative estimate of drug-likeness (QED) is 0.351. The number of benzene rings is 2. The van der Waals surface area contributed by atoms with Crippen LogP contribution in [0.3, 0.4) is 0 Å². The highest BCUT2D eigenvalue weighted by atomic mass is 32.1. The Bertz CT molecular complexity index is 1020. The van der Waals surface area contributed by atoms with Crippen LogP contribution in [0.15, 0.2) is 46.9 Å². The van der Waals surface area contributed by atoms with Gasteiger partial charge in [-0.25, -0.2) is 4.98 Å². The summed E-state index contributed by atoms with van der Waals surface area (Å²) >= 11 is 1.37. The summed E-state index contributed by atoms with van der Waals surface area (Å²) in [4.78, 5) is 14.8. The molecule has 1 aromatic heterocycles. The summed E-state index contributed by atoms with van der Waals surface area (Å²) in [5.74, 6) is 0.230. The molecule has 2 N–H and O–H groups in total. The van der Waals surface area contributed by atoms with E-state index in [2.05, 4.69) is 15.5 Å². The summed E-state index contributed by atoms with van der Waals surface area (Å²) < 4.78 is 10.1. The molecule has 0 amide bonds. The number of phenolic OH excluding ortho intramolecular Hbond substituents is 1. The Labute approximate surface area is 164 Å². The van der Waals surface area contributed by atoms with Crippen molar-refractivity contribution in [3.05, 3.63) is 57.5 Å². The number of aromatic nitrogens is 1. The van der Waals surface area contributed by atoms with Gasteiger partial charge in [0.05, 0.1) is 31.1 Å². The van der Waals surface area contributed by atoms with Gasteiger partial charge in [-0.15, -0.1) is 11.3 Å². The van der Waals surface area contributed by atoms with Gasteiger partial charge in [-0.2, -0.15) is 5.10 Å². The fourth-order valence-electron chi connectivity index (χ4n) is 2.36. The predicted octanol–water partition coefficient (Wildman–Crippen LogP) is 3.89. The van der Waals surface area contributed by atoms with Crippen molar-refractivity contribution in [1.29, 1.82) is 0 Å². The Morgan fingerprint density at radius 2 is 2.00 bits per heavy atom. The Morgan fingerprint density at radius 3 is 2.64 bits per heavy atom. The molecular weight excluding hydrogens is 384 g/mol. The van der Waals surface area contributed by atoms with Gasteiger partial charge in [-0.3, -0.25) is 15.5 Å². The highest BCUT2D eigenvalue weighted by Crippen LogP contribution is 2.36. The van der Waals surface area contributed by atoms with Gasteiger partial charge < -0.3 is 14.6 Å². The summed E-state index contributed by atoms with van der Waals surface area (Å²) in [7, 11) is 2.92. The number of anilines is 1. The van der Waals surface area contributed by atoms with Crippen LogP contribution in [0.1, 0.15) is 5.56 Å². The molecule has 144 valence electrons. The summed E-state index contributed by atoms with van der Waals surface area (Å²) in [6.45, 7) is 0. The summed E-state index contributed by atoms with van der Waals surface area (Å²) in [6, 6.07) is 10.2. The molecule has 0 radical (unpaired) electrons. The number of nitrogens with one attached hydrogen (secondary N) is 1. The molecular formula is C18H16N4O5S. The molecule has 3 rings (SSSR count). The lowest BCUT2D eigenvalue weighted by Gasteiger charge is -2.05. The lowest BCUT2D eigenvalue weighted by molar-refractivity contribution is -0.386. The first kappa shape index (κ1) is 19.1. The first-order valence-electron chi connectivity index (χ1n) is 7.96. The van der Waals surface area contributed by atoms with Crippen molar-refractivity contribution in [2.75, 3.05) is 19.6 Å². The molecule has 3 aromatic rings. The molecule has 0 aliphatic rings. The SMILES string of the molecule is COc1ccc(-c2csc(N/N=C\c3cc(OC)c(O)c([N+](=O)[O-])c3)n2)cc1. The van der Waals surface area contributed by atoms with Crippen molar-refractivity contribution in [2.24, 2.45) is 5.10 Å². The highest BCUT2D eigenvalue weighted by molar-refractivity contribution is 7.14. The fourth-order valence-corrected chi connectivity index (χ4v) is 3.03. The maximum absolute atomic E-state index is 11.0. The number of hydrogen-bond acceptors (Lipinski definition) is 9. The van der Waals surface area contributed by atoms with Gasteiger partial charge in [0.2, 0.25) is 10.9 Å². The standard InChI is InChI=1S/C18H16N4O5S/c1-26-13-5-3-12(4-6-13)14-10-28-18(20-14)21-19-9-11-7-15(22(24)25)17(23)16(8-11)27-2/h3-10,23H,1-2H3,(H,20,21)/b19-9-. The van der Waals surface area contributed by atoms with Crippen molar-refractivity contribution < 1.29 is 19.5 Å². The number of nitrogens with zero attached hydrogens (tertiary/aromatic N) is 3. The van der Waals surface area contributed by atoms with Crippen molar-refractivity contribution in [3.63, 3.8) is 0 Å². The van der Waals surface area contributed by atoms with Crippen LogP contribution in [-0.2, 0) is 0 Å². The second-order valence-corrected chi connectivity index (χ2v) is 6.34. The monoisotopic (exact) mass is 400 g/mol. The molecule has 2 aromatic carbocycles. The lowest BCUT2D eigenvalue weighted by Crippen LogP contribution is -1.96. The van der Waals surface area contributed by atoms with Crippen molar-refractivity contribution >= 4 is 28.4 Å². The molecule has 28 heavy (non-hydrogen) atoms. The zero-order valence-corrected chi connectivity index (χ0v) is 15.8. The molecule has 0 spiro atoms. The summed E-state index contributed by atoms with van der Waals surface area (Å²) in [5.41, 5.74) is 4.44. The average molecular weight is 400 g/mol. The molecule has 0 aliphatic heterocycles. The average Bonchev–Trinajstić information content (AvgIpc) is 3.17. The lowest BCUT2D eigenvalue weighted by atomic mass is 10.2. The van der Waals surface area contributed by atoms with E-state index in [1.54, 1.807) is 7.11 Å². The van der Waals surface area contributed by atoms with Crippen molar-refractivity contribution in [3.8, 4) is 28.5 Å². The zero-order chi connectivity index (χ0) is 20.1. The van der Waals surface area contributed by atoms with Gasteiger partial charge in [0, 0.05) is 22.6 Å². The van der Waals surface area contributed by atoms with Crippen LogP contribution in [0.2, 0.25) is 0 Å². The fraction of sp³-hybridized carbons (Fsp3) is 0.111. The van der Waals surface area contributed by atoms with E-state index in [0.717, 1.165) is 17.0 Å². The summed E-state index contributed by atoms with van der Waals surface area (Å²) in [5, 5.41) is 27.3. The van der Waals surface area contributed by atoms with E-state index >= 15 is 0 Å². The smallest absolute Gasteiger partial charge is 0.315 e. The Balaban J connectivity index is 1.74. The molecule has 0 fully saturated rings. The normalized spacial score (nSPS) is 10.8. The largest absolute Gasteiger partial charge is 0.500 e. The maximum atomic E-state index is 11.0. The van der Waals surface area contributed by atoms with Crippen LogP contribution in [0.4, 0.5) is 10.8 Å². The Morgan fingerprint density at radius 1 is 1.25 bits per heavy atom. The molecule has 1 heterocycles. The molecule has 0 saturated heterocycles. The first-order valence-corrected chi connectivity index (χ1v) is 8.84. The number of thiazole rings is 1. The minimum Gasteiger partial charge on any atom is -0.500 e. The van der Waals surface area contributed by atoms with E-state index in [-0.39, 0.29) is 5.75 Å². The van der Waals surface area contributed by atoms with E-state index in [0.29, 0.717) is 10.7 Å². The second kappa shape index (κ2) is 8.35. The molecule has 0 aliphatic carbocycles. The third-order valence-corrected chi connectivity index (χ3v) is 4.50. The van der Waals surface area contributed by atoms with Crippen LogP contribution >= 0.6 is 11.3 Å². The molecule has 9 nitrogen and oxygen atoms in total. The predicted molar refractivity (Wildman–Crippen MR) is 107 cm³/mol. The topological polar surface area (TPSA) is 119 Å². The van der Waals surface area contributed by atoms with E-state index in [4.69, 9.17) is 9.47 Å². The van der Waals surface area contributed by atoms with Gasteiger partial charge in [0.15, 0.2) is 5.75 Å². The number of rotatable bonds is 7. The number of nitro groups is 1. The molecule has 0 saturated carbocycles. The van der Waals surface area contributed by atoms with Gasteiger partial charge in [0.1, 0.15) is 5.75 Å². The Kier molecular flexibility index (Phi) is 5.70. The van der Waals surface area contributed by atoms with Crippen molar-refractivity contribution in [2.45, 2.75) is 0 Å². The van der Waals surface area contributed by atoms with Gasteiger partial charge in [0.25, 0.3) is 0 Å².